The molecule has 0 aliphatic heterocycles. The van der Waals surface area contributed by atoms with Gasteiger partial charge >= 0.3 is 5.69 Å². The van der Waals surface area contributed by atoms with Crippen LogP contribution in [0.3, 0.4) is 0 Å². The number of pyridine rings is 1. The molecule has 1 N–H and O–H groups in total. The lowest BCUT2D eigenvalue weighted by molar-refractivity contribution is -0.388. The minimum Gasteiger partial charge on any atom is -0.373 e. The average Bonchev–Trinajstić information content (AvgIpc) is 2.39. The van der Waals surface area contributed by atoms with Crippen LogP contribution in [0, 0.1) is 10.1 Å². The van der Waals surface area contributed by atoms with Gasteiger partial charge in [0.15, 0.2) is 5.03 Å². The molecule has 0 spiro atoms. The minimum absolute atomic E-state index is 0.0165. The van der Waals surface area contributed by atoms with Gasteiger partial charge in [-0.15, -0.1) is 0 Å². The predicted octanol–water partition coefficient (Wildman–Crippen LogP) is 3.18. The molecule has 1 aromatic heterocycles. The third-order valence-electron chi connectivity index (χ3n) is 2.25. The van der Waals surface area contributed by atoms with Crippen molar-refractivity contribution in [2.24, 2.45) is 0 Å². The summed E-state index contributed by atoms with van der Waals surface area (Å²) >= 11 is 1.28. The Labute approximate surface area is 108 Å². The highest BCUT2D eigenvalue weighted by Gasteiger charge is 2.16. The van der Waals surface area contributed by atoms with E-state index < -0.39 is 4.92 Å². The van der Waals surface area contributed by atoms with E-state index in [0.29, 0.717) is 10.8 Å². The summed E-state index contributed by atoms with van der Waals surface area (Å²) in [5, 5.41) is 14.2. The van der Waals surface area contributed by atoms with E-state index in [1.54, 1.807) is 13.1 Å². The number of nitrogens with zero attached hydrogens (tertiary/aromatic N) is 2. The summed E-state index contributed by atoms with van der Waals surface area (Å²) in [5.74, 6) is 0.610. The van der Waals surface area contributed by atoms with Crippen LogP contribution in [0.2, 0.25) is 0 Å². The van der Waals surface area contributed by atoms with Gasteiger partial charge < -0.3 is 5.32 Å². The van der Waals surface area contributed by atoms with Crippen LogP contribution in [-0.4, -0.2) is 17.0 Å². The maximum atomic E-state index is 10.9. The Kier molecular flexibility index (Phi) is 3.78. The summed E-state index contributed by atoms with van der Waals surface area (Å²) in [6.07, 6.45) is 0. The molecule has 18 heavy (non-hydrogen) atoms. The largest absolute Gasteiger partial charge is 0.373 e. The molecular weight excluding hydrogens is 250 g/mol. The van der Waals surface area contributed by atoms with Gasteiger partial charge in [-0.3, -0.25) is 10.1 Å². The molecule has 0 fully saturated rings. The number of anilines is 1. The van der Waals surface area contributed by atoms with Crippen molar-refractivity contribution in [3.05, 3.63) is 52.6 Å². The molecule has 0 aliphatic carbocycles. The van der Waals surface area contributed by atoms with Crippen LogP contribution in [0.25, 0.3) is 0 Å². The van der Waals surface area contributed by atoms with E-state index in [9.17, 15) is 10.1 Å². The third-order valence-corrected chi connectivity index (χ3v) is 3.25. The summed E-state index contributed by atoms with van der Waals surface area (Å²) < 4.78 is 0. The van der Waals surface area contributed by atoms with Crippen LogP contribution in [-0.2, 0) is 0 Å². The third kappa shape index (κ3) is 2.78. The Morgan fingerprint density at radius 1 is 1.22 bits per heavy atom. The quantitative estimate of drug-likeness (QED) is 0.676. The van der Waals surface area contributed by atoms with Crippen molar-refractivity contribution >= 4 is 23.3 Å². The summed E-state index contributed by atoms with van der Waals surface area (Å²) in [4.78, 5) is 15.7. The standard InChI is InChI=1S/C12H11N3O2S/c1-13-11-8-7-10(15(16)17)12(14-11)18-9-5-3-2-4-6-9/h2-8H,1H3,(H,13,14). The lowest BCUT2D eigenvalue weighted by Gasteiger charge is -2.04. The van der Waals surface area contributed by atoms with Crippen LogP contribution in [0.5, 0.6) is 0 Å². The van der Waals surface area contributed by atoms with Crippen LogP contribution in [0.1, 0.15) is 0 Å². The second-order valence-corrected chi connectivity index (χ2v) is 4.51. The first-order valence-electron chi connectivity index (χ1n) is 5.27. The van der Waals surface area contributed by atoms with Crippen LogP contribution < -0.4 is 5.32 Å². The smallest absolute Gasteiger partial charge is 0.301 e. The van der Waals surface area contributed by atoms with Gasteiger partial charge in [0, 0.05) is 18.0 Å². The summed E-state index contributed by atoms with van der Waals surface area (Å²) in [5.41, 5.74) is 0.0165. The van der Waals surface area contributed by atoms with E-state index in [2.05, 4.69) is 10.3 Å². The Balaban J connectivity index is 2.38. The highest BCUT2D eigenvalue weighted by Crippen LogP contribution is 2.33. The summed E-state index contributed by atoms with van der Waals surface area (Å²) in [6, 6.07) is 12.5. The number of benzene rings is 1. The van der Waals surface area contributed by atoms with Gasteiger partial charge in [0.1, 0.15) is 5.82 Å². The first-order chi connectivity index (χ1) is 8.70. The van der Waals surface area contributed by atoms with E-state index in [1.165, 1.54) is 17.8 Å². The Bertz CT molecular complexity index is 561. The molecule has 0 bridgehead atoms. The van der Waals surface area contributed by atoms with Gasteiger partial charge in [-0.25, -0.2) is 4.98 Å². The Morgan fingerprint density at radius 2 is 1.94 bits per heavy atom. The molecule has 92 valence electrons. The fraction of sp³-hybridized carbons (Fsp3) is 0.0833. The monoisotopic (exact) mass is 261 g/mol. The summed E-state index contributed by atoms with van der Waals surface area (Å²) in [7, 11) is 1.73. The van der Waals surface area contributed by atoms with E-state index >= 15 is 0 Å². The van der Waals surface area contributed by atoms with Crippen LogP contribution in [0.15, 0.2) is 52.4 Å². The zero-order chi connectivity index (χ0) is 13.0. The Hall–Kier alpha value is -2.08. The van der Waals surface area contributed by atoms with E-state index in [-0.39, 0.29) is 5.69 Å². The number of nitro groups is 1. The molecule has 0 saturated carbocycles. The fourth-order valence-electron chi connectivity index (χ4n) is 1.39. The molecule has 1 aromatic carbocycles. The Morgan fingerprint density at radius 3 is 2.56 bits per heavy atom. The minimum atomic E-state index is -0.419. The molecule has 2 aromatic rings. The molecule has 5 nitrogen and oxygen atoms in total. The fourth-order valence-corrected chi connectivity index (χ4v) is 2.29. The molecular formula is C12H11N3O2S. The lowest BCUT2D eigenvalue weighted by atomic mass is 10.4. The molecule has 2 rings (SSSR count). The van der Waals surface area contributed by atoms with Crippen molar-refractivity contribution in [3.8, 4) is 0 Å². The topological polar surface area (TPSA) is 68.1 Å². The van der Waals surface area contributed by atoms with Gasteiger partial charge in [-0.05, 0) is 18.2 Å². The van der Waals surface area contributed by atoms with Crippen molar-refractivity contribution in [2.45, 2.75) is 9.92 Å². The van der Waals surface area contributed by atoms with Crippen molar-refractivity contribution in [3.63, 3.8) is 0 Å². The van der Waals surface area contributed by atoms with E-state index in [4.69, 9.17) is 0 Å². The zero-order valence-electron chi connectivity index (χ0n) is 9.66. The first-order valence-corrected chi connectivity index (χ1v) is 6.08. The van der Waals surface area contributed by atoms with Gasteiger partial charge in [-0.2, -0.15) is 0 Å². The number of rotatable bonds is 4. The molecule has 0 unspecified atom stereocenters. The number of nitrogens with one attached hydrogen (secondary N) is 1. The van der Waals surface area contributed by atoms with Gasteiger partial charge in [0.2, 0.25) is 0 Å². The summed E-state index contributed by atoms with van der Waals surface area (Å²) in [6.45, 7) is 0. The highest BCUT2D eigenvalue weighted by molar-refractivity contribution is 7.99. The first kappa shape index (κ1) is 12.4. The molecule has 0 saturated heterocycles. The SMILES string of the molecule is CNc1ccc([N+](=O)[O-])c(Sc2ccccc2)n1. The molecule has 0 aliphatic rings. The predicted molar refractivity (Wildman–Crippen MR) is 71.0 cm³/mol. The van der Waals surface area contributed by atoms with Gasteiger partial charge in [0.25, 0.3) is 0 Å². The second kappa shape index (κ2) is 5.50. The van der Waals surface area contributed by atoms with Crippen molar-refractivity contribution in [1.29, 1.82) is 0 Å². The second-order valence-electron chi connectivity index (χ2n) is 3.44. The lowest BCUT2D eigenvalue weighted by Crippen LogP contribution is -1.97. The number of hydrogen-bond acceptors (Lipinski definition) is 5. The number of aromatic nitrogens is 1. The maximum absolute atomic E-state index is 10.9. The normalized spacial score (nSPS) is 10.1. The zero-order valence-corrected chi connectivity index (χ0v) is 10.5. The van der Waals surface area contributed by atoms with E-state index in [0.717, 1.165) is 4.90 Å². The molecule has 1 heterocycles. The molecule has 6 heteroatoms. The molecule has 0 radical (unpaired) electrons. The van der Waals surface area contributed by atoms with Crippen LogP contribution in [0.4, 0.5) is 11.5 Å². The maximum Gasteiger partial charge on any atom is 0.301 e. The van der Waals surface area contributed by atoms with Gasteiger partial charge in [0.05, 0.1) is 4.92 Å². The highest BCUT2D eigenvalue weighted by atomic mass is 32.2. The molecule has 0 amide bonds. The van der Waals surface area contributed by atoms with Gasteiger partial charge in [-0.1, -0.05) is 30.0 Å². The van der Waals surface area contributed by atoms with Crippen molar-refractivity contribution in [2.75, 3.05) is 12.4 Å². The van der Waals surface area contributed by atoms with Crippen molar-refractivity contribution < 1.29 is 4.92 Å². The van der Waals surface area contributed by atoms with E-state index in [1.807, 2.05) is 30.3 Å². The molecule has 0 atom stereocenters. The van der Waals surface area contributed by atoms with Crippen LogP contribution >= 0.6 is 11.8 Å². The number of hydrogen-bond donors (Lipinski definition) is 1. The average molecular weight is 261 g/mol. The van der Waals surface area contributed by atoms with Crippen molar-refractivity contribution in [1.82, 2.24) is 4.98 Å².